The van der Waals surface area contributed by atoms with Gasteiger partial charge in [-0.2, -0.15) is 12.8 Å². The summed E-state index contributed by atoms with van der Waals surface area (Å²) in [6.45, 7) is 1.86. The smallest absolute Gasteiger partial charge is 0.282 e. The maximum Gasteiger partial charge on any atom is 0.282 e. The van der Waals surface area contributed by atoms with Gasteiger partial charge in [0.25, 0.3) is 10.0 Å². The molecule has 0 heterocycles. The third-order valence-corrected chi connectivity index (χ3v) is 4.12. The van der Waals surface area contributed by atoms with Crippen molar-refractivity contribution >= 4 is 27.8 Å². The summed E-state index contributed by atoms with van der Waals surface area (Å²) in [6, 6.07) is 10.7. The van der Waals surface area contributed by atoms with Gasteiger partial charge in [0, 0.05) is 10.6 Å². The molecule has 0 saturated carbocycles. The van der Waals surface area contributed by atoms with Crippen LogP contribution in [0.15, 0.2) is 51.8 Å². The summed E-state index contributed by atoms with van der Waals surface area (Å²) in [5.74, 6) is -0.0859. The minimum Gasteiger partial charge on any atom is -0.507 e. The van der Waals surface area contributed by atoms with E-state index in [1.54, 1.807) is 12.1 Å². The van der Waals surface area contributed by atoms with Gasteiger partial charge in [-0.25, -0.2) is 0 Å². The lowest BCUT2D eigenvalue weighted by atomic mass is 10.2. The van der Waals surface area contributed by atoms with Gasteiger partial charge in [0.2, 0.25) is 0 Å². The Balaban J connectivity index is 2.34. The van der Waals surface area contributed by atoms with Crippen LogP contribution in [0.2, 0.25) is 5.02 Å². The zero-order valence-corrected chi connectivity index (χ0v) is 12.2. The number of sulfonamides is 1. The average molecular weight is 310 g/mol. The van der Waals surface area contributed by atoms with E-state index in [0.717, 1.165) is 11.8 Å². The van der Waals surface area contributed by atoms with Crippen molar-refractivity contribution in [2.45, 2.75) is 11.8 Å². The van der Waals surface area contributed by atoms with Gasteiger partial charge in [-0.1, -0.05) is 29.3 Å². The molecule has 0 aromatic heterocycles. The number of halogens is 1. The quantitative estimate of drug-likeness (QED) is 0.886. The Morgan fingerprint density at radius 3 is 2.45 bits per heavy atom. The fourth-order valence-electron chi connectivity index (χ4n) is 1.53. The number of aromatic hydroxyl groups is 1. The molecule has 0 unspecified atom stereocenters. The Hall–Kier alpha value is -1.85. The molecule has 0 saturated heterocycles. The number of rotatable bonds is 3. The molecule has 2 rings (SSSR count). The lowest BCUT2D eigenvalue weighted by molar-refractivity contribution is 0.474. The summed E-state index contributed by atoms with van der Waals surface area (Å²) < 4.78 is 27.6. The first-order chi connectivity index (χ1) is 9.38. The molecule has 0 bridgehead atoms. The Labute approximate surface area is 122 Å². The summed E-state index contributed by atoms with van der Waals surface area (Å²) in [5.41, 5.74) is 1.20. The number of hydrogen-bond acceptors (Lipinski definition) is 3. The first-order valence-electron chi connectivity index (χ1n) is 5.74. The highest BCUT2D eigenvalue weighted by Crippen LogP contribution is 2.20. The van der Waals surface area contributed by atoms with E-state index in [1.165, 1.54) is 30.3 Å². The van der Waals surface area contributed by atoms with Crippen molar-refractivity contribution in [3.63, 3.8) is 0 Å². The first-order valence-corrected chi connectivity index (χ1v) is 7.56. The minimum absolute atomic E-state index is 0.0859. The van der Waals surface area contributed by atoms with Crippen molar-refractivity contribution in [1.29, 1.82) is 0 Å². The molecule has 0 amide bonds. The highest BCUT2D eigenvalue weighted by molar-refractivity contribution is 7.90. The van der Waals surface area contributed by atoms with E-state index in [4.69, 9.17) is 11.6 Å². The first kappa shape index (κ1) is 14.6. The van der Waals surface area contributed by atoms with Crippen molar-refractivity contribution < 1.29 is 13.5 Å². The monoisotopic (exact) mass is 309 g/mol. The van der Waals surface area contributed by atoms with E-state index in [2.05, 4.69) is 4.40 Å². The van der Waals surface area contributed by atoms with Gasteiger partial charge in [-0.05, 0) is 37.3 Å². The number of phenols is 1. The maximum atomic E-state index is 12.0. The van der Waals surface area contributed by atoms with E-state index in [1.807, 2.05) is 6.92 Å². The van der Waals surface area contributed by atoms with Crippen molar-refractivity contribution in [3.05, 3.63) is 58.6 Å². The number of hydrogen-bond donors (Lipinski definition) is 1. The van der Waals surface area contributed by atoms with Crippen LogP contribution in [0.3, 0.4) is 0 Å². The largest absolute Gasteiger partial charge is 0.507 e. The van der Waals surface area contributed by atoms with Gasteiger partial charge in [0.15, 0.2) is 0 Å². The van der Waals surface area contributed by atoms with Gasteiger partial charge in [-0.15, -0.1) is 0 Å². The Morgan fingerprint density at radius 2 is 1.80 bits per heavy atom. The van der Waals surface area contributed by atoms with Crippen LogP contribution >= 0.6 is 11.6 Å². The second-order valence-corrected chi connectivity index (χ2v) is 6.29. The summed E-state index contributed by atoms with van der Waals surface area (Å²) in [6.07, 6.45) is 1.08. The van der Waals surface area contributed by atoms with Crippen molar-refractivity contribution in [3.8, 4) is 5.75 Å². The molecule has 4 nitrogen and oxygen atoms in total. The van der Waals surface area contributed by atoms with Crippen LogP contribution in [0.5, 0.6) is 5.75 Å². The van der Waals surface area contributed by atoms with Crippen molar-refractivity contribution in [2.24, 2.45) is 4.40 Å². The minimum atomic E-state index is -3.79. The Morgan fingerprint density at radius 1 is 1.15 bits per heavy atom. The van der Waals surface area contributed by atoms with Crippen LogP contribution in [0, 0.1) is 6.92 Å². The second kappa shape index (κ2) is 5.64. The van der Waals surface area contributed by atoms with Crippen LogP contribution < -0.4 is 0 Å². The number of benzene rings is 2. The summed E-state index contributed by atoms with van der Waals surface area (Å²) >= 11 is 5.78. The molecule has 6 heteroatoms. The van der Waals surface area contributed by atoms with Gasteiger partial charge < -0.3 is 5.11 Å². The number of aryl methyl sites for hydroxylation is 1. The fraction of sp³-hybridized carbons (Fsp3) is 0.0714. The number of nitrogens with zero attached hydrogens (tertiary/aromatic N) is 1. The van der Waals surface area contributed by atoms with Gasteiger partial charge in [0.05, 0.1) is 11.1 Å². The Kier molecular flexibility index (Phi) is 4.11. The molecule has 1 N–H and O–H groups in total. The molecule has 0 aliphatic carbocycles. The van der Waals surface area contributed by atoms with Crippen molar-refractivity contribution in [2.75, 3.05) is 0 Å². The molecule has 104 valence electrons. The zero-order valence-electron chi connectivity index (χ0n) is 10.6. The normalized spacial score (nSPS) is 11.9. The molecule has 0 atom stereocenters. The average Bonchev–Trinajstić information content (AvgIpc) is 2.40. The van der Waals surface area contributed by atoms with Crippen LogP contribution in [-0.4, -0.2) is 19.7 Å². The molecule has 0 aliphatic rings. The molecule has 2 aromatic rings. The van der Waals surface area contributed by atoms with E-state index < -0.39 is 10.0 Å². The summed E-state index contributed by atoms with van der Waals surface area (Å²) in [5, 5.41) is 9.98. The molecule has 0 aliphatic heterocycles. The van der Waals surface area contributed by atoms with Gasteiger partial charge in [-0.3, -0.25) is 0 Å². The summed E-state index contributed by atoms with van der Waals surface area (Å²) in [7, 11) is -3.79. The lowest BCUT2D eigenvalue weighted by Gasteiger charge is -2.01. The van der Waals surface area contributed by atoms with Crippen molar-refractivity contribution in [1.82, 2.24) is 0 Å². The van der Waals surface area contributed by atoms with E-state index in [-0.39, 0.29) is 16.2 Å². The van der Waals surface area contributed by atoms with Crippen LogP contribution in [0.4, 0.5) is 0 Å². The topological polar surface area (TPSA) is 66.7 Å². The van der Waals surface area contributed by atoms with E-state index in [9.17, 15) is 13.5 Å². The number of phenolic OH excluding ortho intramolecular Hbond substituents is 1. The van der Waals surface area contributed by atoms with Crippen LogP contribution in [0.25, 0.3) is 0 Å². The molecule has 20 heavy (non-hydrogen) atoms. The third kappa shape index (κ3) is 3.37. The zero-order chi connectivity index (χ0) is 14.8. The van der Waals surface area contributed by atoms with Crippen LogP contribution in [0.1, 0.15) is 11.1 Å². The lowest BCUT2D eigenvalue weighted by Crippen LogP contribution is -1.98. The summed E-state index contributed by atoms with van der Waals surface area (Å²) in [4.78, 5) is 0.0980. The molecule has 0 spiro atoms. The fourth-order valence-corrected chi connectivity index (χ4v) is 2.56. The molecule has 0 fully saturated rings. The van der Waals surface area contributed by atoms with Gasteiger partial charge >= 0.3 is 0 Å². The second-order valence-electron chi connectivity index (χ2n) is 4.23. The van der Waals surface area contributed by atoms with E-state index >= 15 is 0 Å². The third-order valence-electron chi connectivity index (χ3n) is 2.64. The predicted octanol–water partition coefficient (Wildman–Crippen LogP) is 3.16. The standard InChI is InChI=1S/C14H12ClNO3S/c1-10-2-5-13(6-3-10)20(18,19)16-9-11-8-12(15)4-7-14(11)17/h2-9,17H,1H3/b16-9+. The highest BCUT2D eigenvalue weighted by atomic mass is 35.5. The highest BCUT2D eigenvalue weighted by Gasteiger charge is 2.11. The molecular weight excluding hydrogens is 298 g/mol. The molecule has 0 radical (unpaired) electrons. The van der Waals surface area contributed by atoms with E-state index in [0.29, 0.717) is 5.02 Å². The molecule has 2 aromatic carbocycles. The predicted molar refractivity (Wildman–Crippen MR) is 79.1 cm³/mol. The van der Waals surface area contributed by atoms with Crippen LogP contribution in [-0.2, 0) is 10.0 Å². The van der Waals surface area contributed by atoms with Gasteiger partial charge in [0.1, 0.15) is 5.75 Å². The Bertz CT molecular complexity index is 752. The maximum absolute atomic E-state index is 12.0. The SMILES string of the molecule is Cc1ccc(S(=O)(=O)/N=C/c2cc(Cl)ccc2O)cc1. The molecular formula is C14H12ClNO3S.